The number of hydrogen-bond donors (Lipinski definition) is 1. The van der Waals surface area contributed by atoms with Gasteiger partial charge in [0.15, 0.2) is 5.82 Å². The highest BCUT2D eigenvalue weighted by molar-refractivity contribution is 5.30. The minimum atomic E-state index is 0.0561. The lowest BCUT2D eigenvalue weighted by Gasteiger charge is -2.14. The maximum atomic E-state index is 4.40. The summed E-state index contributed by atoms with van der Waals surface area (Å²) in [7, 11) is 0. The van der Waals surface area contributed by atoms with Crippen molar-refractivity contribution in [1.29, 1.82) is 0 Å². The Morgan fingerprint density at radius 3 is 2.68 bits per heavy atom. The van der Waals surface area contributed by atoms with Gasteiger partial charge in [0.05, 0.1) is 6.04 Å². The monoisotopic (exact) mass is 258 g/mol. The van der Waals surface area contributed by atoms with Crippen molar-refractivity contribution in [3.63, 3.8) is 0 Å². The van der Waals surface area contributed by atoms with E-state index in [9.17, 15) is 0 Å². The van der Waals surface area contributed by atoms with Gasteiger partial charge in [0.25, 0.3) is 0 Å². The molecule has 3 heterocycles. The molecule has 6 heteroatoms. The van der Waals surface area contributed by atoms with E-state index in [1.807, 2.05) is 19.9 Å². The van der Waals surface area contributed by atoms with Crippen molar-refractivity contribution in [2.24, 2.45) is 0 Å². The quantitative estimate of drug-likeness (QED) is 0.909. The molecular weight excluding hydrogens is 240 g/mol. The summed E-state index contributed by atoms with van der Waals surface area (Å²) in [5.74, 6) is 2.71. The van der Waals surface area contributed by atoms with E-state index in [1.165, 1.54) is 0 Å². The molecule has 0 saturated carbocycles. The van der Waals surface area contributed by atoms with E-state index in [0.29, 0.717) is 5.95 Å². The number of aromatic nitrogens is 5. The first-order valence-electron chi connectivity index (χ1n) is 6.64. The highest BCUT2D eigenvalue weighted by Crippen LogP contribution is 2.21. The molecule has 0 radical (unpaired) electrons. The van der Waals surface area contributed by atoms with Crippen molar-refractivity contribution in [2.75, 3.05) is 5.32 Å². The molecule has 0 aromatic carbocycles. The molecule has 0 saturated heterocycles. The van der Waals surface area contributed by atoms with Crippen molar-refractivity contribution in [3.8, 4) is 0 Å². The summed E-state index contributed by atoms with van der Waals surface area (Å²) in [6, 6.07) is 2.02. The van der Waals surface area contributed by atoms with Gasteiger partial charge in [-0.2, -0.15) is 0 Å². The van der Waals surface area contributed by atoms with Crippen LogP contribution < -0.4 is 5.32 Å². The Balaban J connectivity index is 1.82. The summed E-state index contributed by atoms with van der Waals surface area (Å²) in [5.41, 5.74) is 1.93. The van der Waals surface area contributed by atoms with Gasteiger partial charge in [-0.1, -0.05) is 0 Å². The average Bonchev–Trinajstić information content (AvgIpc) is 2.87. The molecule has 100 valence electrons. The van der Waals surface area contributed by atoms with Gasteiger partial charge in [-0.05, 0) is 33.3 Å². The lowest BCUT2D eigenvalue weighted by molar-refractivity contribution is 0.649. The molecule has 19 heavy (non-hydrogen) atoms. The van der Waals surface area contributed by atoms with Crippen LogP contribution in [0.15, 0.2) is 6.07 Å². The normalized spacial score (nSPS) is 15.3. The van der Waals surface area contributed by atoms with Gasteiger partial charge >= 0.3 is 0 Å². The van der Waals surface area contributed by atoms with Crippen LogP contribution in [0.3, 0.4) is 0 Å². The number of anilines is 1. The van der Waals surface area contributed by atoms with Crippen LogP contribution in [0.2, 0.25) is 0 Å². The van der Waals surface area contributed by atoms with Crippen LogP contribution in [0.5, 0.6) is 0 Å². The highest BCUT2D eigenvalue weighted by atomic mass is 15.3. The molecular formula is C13H18N6. The Morgan fingerprint density at radius 2 is 1.95 bits per heavy atom. The summed E-state index contributed by atoms with van der Waals surface area (Å²) in [6.07, 6.45) is 2.18. The predicted molar refractivity (Wildman–Crippen MR) is 71.9 cm³/mol. The molecule has 0 fully saturated rings. The smallest absolute Gasteiger partial charge is 0.223 e. The van der Waals surface area contributed by atoms with E-state index in [2.05, 4.69) is 37.0 Å². The second-order valence-corrected chi connectivity index (χ2v) is 5.07. The molecule has 0 amide bonds. The summed E-state index contributed by atoms with van der Waals surface area (Å²) in [4.78, 5) is 8.80. The third-order valence-corrected chi connectivity index (χ3v) is 3.35. The number of hydrogen-bond acceptors (Lipinski definition) is 5. The van der Waals surface area contributed by atoms with Gasteiger partial charge < -0.3 is 9.88 Å². The number of nitrogens with one attached hydrogen (secondary N) is 1. The first-order chi connectivity index (χ1) is 9.13. The molecule has 0 spiro atoms. The van der Waals surface area contributed by atoms with Gasteiger partial charge in [0.2, 0.25) is 5.95 Å². The zero-order valence-corrected chi connectivity index (χ0v) is 11.5. The zero-order valence-electron chi connectivity index (χ0n) is 11.5. The van der Waals surface area contributed by atoms with Crippen molar-refractivity contribution in [3.05, 3.63) is 29.1 Å². The maximum absolute atomic E-state index is 4.40. The highest BCUT2D eigenvalue weighted by Gasteiger charge is 2.21. The van der Waals surface area contributed by atoms with Gasteiger partial charge in [-0.15, -0.1) is 10.2 Å². The standard InChI is InChI=1S/C13H18N6/c1-8-7-9(2)15-13(14-8)16-10(3)12-18-17-11-5-4-6-19(11)12/h7,10H,4-6H2,1-3H3,(H,14,15,16)/t10-/m0/s1. The third-order valence-electron chi connectivity index (χ3n) is 3.35. The molecule has 1 aliphatic heterocycles. The molecule has 2 aromatic rings. The molecule has 1 N–H and O–H groups in total. The van der Waals surface area contributed by atoms with Crippen LogP contribution >= 0.6 is 0 Å². The minimum Gasteiger partial charge on any atom is -0.344 e. The second kappa shape index (κ2) is 4.60. The van der Waals surface area contributed by atoms with Crippen molar-refractivity contribution in [2.45, 2.75) is 46.2 Å². The molecule has 0 unspecified atom stereocenters. The van der Waals surface area contributed by atoms with E-state index in [-0.39, 0.29) is 6.04 Å². The Hall–Kier alpha value is -1.98. The largest absolute Gasteiger partial charge is 0.344 e. The van der Waals surface area contributed by atoms with E-state index in [1.54, 1.807) is 0 Å². The van der Waals surface area contributed by atoms with Crippen molar-refractivity contribution >= 4 is 5.95 Å². The fourth-order valence-corrected chi connectivity index (χ4v) is 2.54. The van der Waals surface area contributed by atoms with Crippen LogP contribution in [0.25, 0.3) is 0 Å². The molecule has 0 bridgehead atoms. The van der Waals surface area contributed by atoms with E-state index >= 15 is 0 Å². The van der Waals surface area contributed by atoms with Gasteiger partial charge in [-0.3, -0.25) is 0 Å². The van der Waals surface area contributed by atoms with Gasteiger partial charge in [0, 0.05) is 24.4 Å². The SMILES string of the molecule is Cc1cc(C)nc(N[C@@H](C)c2nnc3n2CCC3)n1. The third kappa shape index (κ3) is 2.30. The summed E-state index contributed by atoms with van der Waals surface area (Å²) in [6.45, 7) is 7.02. The number of fused-ring (bicyclic) bond motifs is 1. The molecule has 1 atom stereocenters. The van der Waals surface area contributed by atoms with Crippen LogP contribution in [0.4, 0.5) is 5.95 Å². The second-order valence-electron chi connectivity index (χ2n) is 5.07. The first kappa shape index (κ1) is 12.1. The van der Waals surface area contributed by atoms with Crippen LogP contribution in [0.1, 0.15) is 42.4 Å². The Kier molecular flexibility index (Phi) is 2.93. The van der Waals surface area contributed by atoms with Crippen LogP contribution in [0, 0.1) is 13.8 Å². The predicted octanol–water partition coefficient (Wildman–Crippen LogP) is 1.80. The Labute approximate surface area is 112 Å². The Morgan fingerprint density at radius 1 is 1.21 bits per heavy atom. The Bertz CT molecular complexity index is 583. The molecule has 0 aliphatic carbocycles. The topological polar surface area (TPSA) is 68.5 Å². The molecule has 1 aliphatic rings. The molecule has 2 aromatic heterocycles. The fraction of sp³-hybridized carbons (Fsp3) is 0.538. The van der Waals surface area contributed by atoms with E-state index in [4.69, 9.17) is 0 Å². The number of rotatable bonds is 3. The zero-order chi connectivity index (χ0) is 13.4. The number of aryl methyl sites for hydroxylation is 3. The minimum absolute atomic E-state index is 0.0561. The van der Waals surface area contributed by atoms with E-state index < -0.39 is 0 Å². The van der Waals surface area contributed by atoms with Crippen LogP contribution in [-0.4, -0.2) is 24.7 Å². The summed E-state index contributed by atoms with van der Waals surface area (Å²) < 4.78 is 2.19. The summed E-state index contributed by atoms with van der Waals surface area (Å²) in [5, 5.41) is 11.8. The summed E-state index contributed by atoms with van der Waals surface area (Å²) >= 11 is 0. The van der Waals surface area contributed by atoms with Crippen molar-refractivity contribution in [1.82, 2.24) is 24.7 Å². The fourth-order valence-electron chi connectivity index (χ4n) is 2.54. The average molecular weight is 258 g/mol. The van der Waals surface area contributed by atoms with Crippen LogP contribution in [-0.2, 0) is 13.0 Å². The van der Waals surface area contributed by atoms with E-state index in [0.717, 1.165) is 42.4 Å². The first-order valence-corrected chi connectivity index (χ1v) is 6.64. The number of nitrogens with zero attached hydrogens (tertiary/aromatic N) is 5. The lowest BCUT2D eigenvalue weighted by Crippen LogP contribution is -2.15. The lowest BCUT2D eigenvalue weighted by atomic mass is 10.3. The molecule has 6 nitrogen and oxygen atoms in total. The van der Waals surface area contributed by atoms with Gasteiger partial charge in [-0.25, -0.2) is 9.97 Å². The molecule has 3 rings (SSSR count). The van der Waals surface area contributed by atoms with Crippen molar-refractivity contribution < 1.29 is 0 Å². The maximum Gasteiger partial charge on any atom is 0.223 e. The van der Waals surface area contributed by atoms with Gasteiger partial charge in [0.1, 0.15) is 5.82 Å².